The summed E-state index contributed by atoms with van der Waals surface area (Å²) >= 11 is 1.44. The van der Waals surface area contributed by atoms with Crippen molar-refractivity contribution in [3.8, 4) is 0 Å². The van der Waals surface area contributed by atoms with E-state index in [4.69, 9.17) is 0 Å². The van der Waals surface area contributed by atoms with E-state index in [0.29, 0.717) is 6.54 Å². The summed E-state index contributed by atoms with van der Waals surface area (Å²) in [5.41, 5.74) is 2.35. The number of amides is 2. The topological polar surface area (TPSA) is 78.4 Å². The zero-order valence-electron chi connectivity index (χ0n) is 13.4. The lowest BCUT2D eigenvalue weighted by Gasteiger charge is -2.13. The normalized spacial score (nSPS) is 15.7. The van der Waals surface area contributed by atoms with Crippen LogP contribution in [-0.4, -0.2) is 30.0 Å². The Hall–Kier alpha value is -1.66. The van der Waals surface area contributed by atoms with Crippen molar-refractivity contribution in [2.45, 2.75) is 45.1 Å². The Balaban J connectivity index is 1.67. The van der Waals surface area contributed by atoms with Crippen LogP contribution < -0.4 is 10.6 Å². The van der Waals surface area contributed by atoms with Gasteiger partial charge in [0.25, 0.3) is 0 Å². The minimum atomic E-state index is -0.779. The Morgan fingerprint density at radius 3 is 2.74 bits per heavy atom. The molecule has 0 aromatic carbocycles. The van der Waals surface area contributed by atoms with Gasteiger partial charge in [-0.15, -0.1) is 11.3 Å². The van der Waals surface area contributed by atoms with Crippen LogP contribution in [0.15, 0.2) is 23.1 Å². The van der Waals surface area contributed by atoms with Crippen molar-refractivity contribution >= 4 is 23.2 Å². The Morgan fingerprint density at radius 1 is 1.30 bits per heavy atom. The Bertz CT molecular complexity index is 580. The van der Waals surface area contributed by atoms with Crippen LogP contribution in [0.3, 0.4) is 0 Å². The van der Waals surface area contributed by atoms with Crippen molar-refractivity contribution in [1.82, 2.24) is 10.6 Å². The average Bonchev–Trinajstić information content (AvgIpc) is 2.99. The zero-order valence-corrected chi connectivity index (χ0v) is 14.2. The van der Waals surface area contributed by atoms with Crippen molar-refractivity contribution in [2.75, 3.05) is 13.1 Å². The molecule has 1 aliphatic carbocycles. The molecule has 126 valence electrons. The van der Waals surface area contributed by atoms with E-state index in [0.717, 1.165) is 29.7 Å². The van der Waals surface area contributed by atoms with Crippen molar-refractivity contribution in [1.29, 1.82) is 0 Å². The highest BCUT2D eigenvalue weighted by atomic mass is 32.1. The fraction of sp³-hybridized carbons (Fsp3) is 0.529. The first-order valence-electron chi connectivity index (χ1n) is 8.04. The molecule has 23 heavy (non-hydrogen) atoms. The van der Waals surface area contributed by atoms with E-state index in [1.54, 1.807) is 0 Å². The van der Waals surface area contributed by atoms with Gasteiger partial charge in [-0.05, 0) is 56.0 Å². The first kappa shape index (κ1) is 17.7. The van der Waals surface area contributed by atoms with E-state index < -0.39 is 17.9 Å². The molecule has 0 radical (unpaired) electrons. The average molecular weight is 336 g/mol. The minimum Gasteiger partial charge on any atom is -0.386 e. The molecule has 6 heteroatoms. The number of aryl methyl sites for hydroxylation is 1. The summed E-state index contributed by atoms with van der Waals surface area (Å²) in [5.74, 6) is -1.34. The number of hydrogen-bond donors (Lipinski definition) is 3. The summed E-state index contributed by atoms with van der Waals surface area (Å²) in [6.07, 6.45) is 6.91. The fourth-order valence-corrected chi connectivity index (χ4v) is 3.55. The summed E-state index contributed by atoms with van der Waals surface area (Å²) in [5, 5.41) is 17.0. The molecule has 2 amide bonds. The molecule has 1 heterocycles. The van der Waals surface area contributed by atoms with Crippen molar-refractivity contribution in [3.05, 3.63) is 33.5 Å². The molecule has 0 aliphatic heterocycles. The second-order valence-corrected chi connectivity index (χ2v) is 6.76. The van der Waals surface area contributed by atoms with Gasteiger partial charge in [0.2, 0.25) is 0 Å². The van der Waals surface area contributed by atoms with Gasteiger partial charge in [-0.25, -0.2) is 0 Å². The van der Waals surface area contributed by atoms with E-state index in [1.807, 2.05) is 18.4 Å². The molecule has 0 saturated heterocycles. The van der Waals surface area contributed by atoms with Gasteiger partial charge in [-0.3, -0.25) is 9.59 Å². The molecule has 1 aliphatic rings. The summed E-state index contributed by atoms with van der Waals surface area (Å²) in [6.45, 7) is 2.42. The second kappa shape index (κ2) is 8.84. The van der Waals surface area contributed by atoms with Crippen LogP contribution in [0.1, 0.15) is 48.6 Å². The van der Waals surface area contributed by atoms with Crippen LogP contribution in [0.25, 0.3) is 0 Å². The lowest BCUT2D eigenvalue weighted by Crippen LogP contribution is -2.41. The fourth-order valence-electron chi connectivity index (χ4n) is 2.64. The predicted octanol–water partition coefficient (Wildman–Crippen LogP) is 2.21. The maximum atomic E-state index is 11.7. The first-order chi connectivity index (χ1) is 11.1. The molecule has 0 fully saturated rings. The number of allylic oxidation sites excluding steroid dienone is 1. The summed E-state index contributed by atoms with van der Waals surface area (Å²) in [7, 11) is 0. The van der Waals surface area contributed by atoms with E-state index >= 15 is 0 Å². The van der Waals surface area contributed by atoms with Crippen LogP contribution in [0.4, 0.5) is 0 Å². The predicted molar refractivity (Wildman–Crippen MR) is 91.2 cm³/mol. The number of carbonyl (C=O) groups excluding carboxylic acids is 2. The van der Waals surface area contributed by atoms with Gasteiger partial charge < -0.3 is 15.7 Å². The van der Waals surface area contributed by atoms with E-state index in [2.05, 4.69) is 16.7 Å². The number of nitrogens with one attached hydrogen (secondary N) is 2. The van der Waals surface area contributed by atoms with Gasteiger partial charge in [-0.1, -0.05) is 11.6 Å². The highest BCUT2D eigenvalue weighted by Crippen LogP contribution is 2.23. The van der Waals surface area contributed by atoms with Crippen molar-refractivity contribution < 1.29 is 14.7 Å². The largest absolute Gasteiger partial charge is 0.386 e. The van der Waals surface area contributed by atoms with E-state index in [1.165, 1.54) is 29.8 Å². The number of hydrogen-bond acceptors (Lipinski definition) is 4. The molecule has 5 nitrogen and oxygen atoms in total. The molecular formula is C17H24N2O3S. The van der Waals surface area contributed by atoms with Crippen LogP contribution in [-0.2, 0) is 9.59 Å². The highest BCUT2D eigenvalue weighted by molar-refractivity contribution is 7.10. The third-order valence-electron chi connectivity index (χ3n) is 3.98. The Labute approximate surface area is 140 Å². The second-order valence-electron chi connectivity index (χ2n) is 5.81. The van der Waals surface area contributed by atoms with Gasteiger partial charge in [0.15, 0.2) is 0 Å². The first-order valence-corrected chi connectivity index (χ1v) is 8.92. The smallest absolute Gasteiger partial charge is 0.309 e. The third kappa shape index (κ3) is 5.48. The third-order valence-corrected chi connectivity index (χ3v) is 5.10. The van der Waals surface area contributed by atoms with Gasteiger partial charge in [0.1, 0.15) is 6.10 Å². The molecular weight excluding hydrogens is 312 g/mol. The Kier molecular flexibility index (Phi) is 6.80. The molecule has 2 rings (SSSR count). The molecule has 0 spiro atoms. The standard InChI is InChI=1S/C17H24N2O3S/c1-12-8-10-23-15(12)14(20)11-19-17(22)16(21)18-9-7-13-5-3-2-4-6-13/h5,8,10,14,20H,2-4,6-7,9,11H2,1H3,(H,18,21)(H,19,22)/t14-/m1/s1. The quantitative estimate of drug-likeness (QED) is 0.550. The van der Waals surface area contributed by atoms with Crippen molar-refractivity contribution in [2.24, 2.45) is 0 Å². The lowest BCUT2D eigenvalue weighted by molar-refractivity contribution is -0.139. The number of thiophene rings is 1. The SMILES string of the molecule is Cc1ccsc1[C@H](O)CNC(=O)C(=O)NCCC1=CCCCC1. The van der Waals surface area contributed by atoms with Crippen LogP contribution >= 0.6 is 11.3 Å². The molecule has 1 atom stereocenters. The maximum absolute atomic E-state index is 11.7. The lowest BCUT2D eigenvalue weighted by atomic mass is 9.97. The summed E-state index contributed by atoms with van der Waals surface area (Å²) in [4.78, 5) is 24.3. The molecule has 0 bridgehead atoms. The molecule has 0 unspecified atom stereocenters. The minimum absolute atomic E-state index is 0.0404. The van der Waals surface area contributed by atoms with E-state index in [-0.39, 0.29) is 6.54 Å². The molecule has 1 aromatic heterocycles. The monoisotopic (exact) mass is 336 g/mol. The number of carbonyl (C=O) groups is 2. The molecule has 3 N–H and O–H groups in total. The zero-order chi connectivity index (χ0) is 16.7. The Morgan fingerprint density at radius 2 is 2.09 bits per heavy atom. The van der Waals surface area contributed by atoms with Gasteiger partial charge in [0, 0.05) is 18.0 Å². The number of aliphatic hydroxyl groups excluding tert-OH is 1. The van der Waals surface area contributed by atoms with Crippen LogP contribution in [0.5, 0.6) is 0 Å². The van der Waals surface area contributed by atoms with Gasteiger partial charge >= 0.3 is 11.8 Å². The van der Waals surface area contributed by atoms with Gasteiger partial charge in [0.05, 0.1) is 0 Å². The van der Waals surface area contributed by atoms with Crippen LogP contribution in [0, 0.1) is 6.92 Å². The molecule has 1 aromatic rings. The number of aliphatic hydroxyl groups is 1. The maximum Gasteiger partial charge on any atom is 0.309 e. The van der Waals surface area contributed by atoms with Gasteiger partial charge in [-0.2, -0.15) is 0 Å². The van der Waals surface area contributed by atoms with Crippen molar-refractivity contribution in [3.63, 3.8) is 0 Å². The number of rotatable bonds is 6. The van der Waals surface area contributed by atoms with Crippen LogP contribution in [0.2, 0.25) is 0 Å². The summed E-state index contributed by atoms with van der Waals surface area (Å²) < 4.78 is 0. The van der Waals surface area contributed by atoms with E-state index in [9.17, 15) is 14.7 Å². The summed E-state index contributed by atoms with van der Waals surface area (Å²) in [6, 6.07) is 1.91. The highest BCUT2D eigenvalue weighted by Gasteiger charge is 2.17. The molecule has 0 saturated carbocycles.